The van der Waals surface area contributed by atoms with Gasteiger partial charge in [-0.2, -0.15) is 27.1 Å². The number of benzene rings is 2. The van der Waals surface area contributed by atoms with Crippen LogP contribution in [0.15, 0.2) is 47.6 Å². The highest BCUT2D eigenvalue weighted by molar-refractivity contribution is 8.14. The fraction of sp³-hybridized carbons (Fsp3) is 0.400. The van der Waals surface area contributed by atoms with Crippen LogP contribution in [-0.4, -0.2) is 52.9 Å². The lowest BCUT2D eigenvalue weighted by Crippen LogP contribution is -2.47. The molecule has 2 aromatic rings. The Bertz CT molecular complexity index is 1210. The molecule has 2 amide bonds. The van der Waals surface area contributed by atoms with Gasteiger partial charge >= 0.3 is 23.2 Å². The average molecular weight is 558 g/mol. The first-order valence-corrected chi connectivity index (χ1v) is 12.7. The predicted octanol–water partition coefficient (Wildman–Crippen LogP) is 6.23. The molecule has 7 nitrogen and oxygen atoms in total. The molecule has 4 rings (SSSR count). The Morgan fingerprint density at radius 2 is 1.76 bits per heavy atom. The molecule has 1 aliphatic heterocycles. The summed E-state index contributed by atoms with van der Waals surface area (Å²) in [4.78, 5) is 23.9. The Morgan fingerprint density at radius 3 is 2.39 bits per heavy atom. The van der Waals surface area contributed by atoms with Gasteiger partial charge in [0.05, 0.1) is 25.5 Å². The number of hydrogen-bond acceptors (Lipinski definition) is 6. The molecule has 38 heavy (non-hydrogen) atoms. The third-order valence-electron chi connectivity index (χ3n) is 6.06. The summed E-state index contributed by atoms with van der Waals surface area (Å²) >= 11 is 1.05. The van der Waals surface area contributed by atoms with Crippen molar-refractivity contribution in [1.82, 2.24) is 5.01 Å². The predicted molar refractivity (Wildman–Crippen MR) is 132 cm³/mol. The Labute approximate surface area is 219 Å². The van der Waals surface area contributed by atoms with Crippen molar-refractivity contribution in [3.05, 3.63) is 53.6 Å². The monoisotopic (exact) mass is 557 g/mol. The van der Waals surface area contributed by atoms with Crippen LogP contribution in [0.4, 0.5) is 32.4 Å². The molecule has 0 spiro atoms. The normalized spacial score (nSPS) is 16.8. The molecule has 204 valence electrons. The van der Waals surface area contributed by atoms with Crippen molar-refractivity contribution in [2.45, 2.75) is 50.4 Å². The van der Waals surface area contributed by atoms with E-state index in [1.807, 2.05) is 12.1 Å². The van der Waals surface area contributed by atoms with Crippen LogP contribution < -0.4 is 14.8 Å². The minimum absolute atomic E-state index is 0.0177. The van der Waals surface area contributed by atoms with Gasteiger partial charge in [-0.25, -0.2) is 5.01 Å². The highest BCUT2D eigenvalue weighted by Crippen LogP contribution is 2.36. The van der Waals surface area contributed by atoms with Gasteiger partial charge in [-0.15, -0.1) is 0 Å². The van der Waals surface area contributed by atoms with Crippen LogP contribution in [0.1, 0.15) is 36.8 Å². The molecule has 1 heterocycles. The number of amides is 2. The molecule has 0 radical (unpaired) electrons. The van der Waals surface area contributed by atoms with E-state index >= 15 is 0 Å². The number of carbonyl (C=O) groups excluding carboxylic acids is 2. The van der Waals surface area contributed by atoms with Crippen LogP contribution >= 0.6 is 11.8 Å². The second-order valence-electron chi connectivity index (χ2n) is 8.77. The van der Waals surface area contributed by atoms with E-state index in [4.69, 9.17) is 9.47 Å². The van der Waals surface area contributed by atoms with Crippen LogP contribution in [0.5, 0.6) is 11.5 Å². The van der Waals surface area contributed by atoms with Gasteiger partial charge in [-0.3, -0.25) is 9.59 Å². The molecule has 1 saturated carbocycles. The van der Waals surface area contributed by atoms with Crippen LogP contribution in [0, 0.1) is 0 Å². The first kappa shape index (κ1) is 27.7. The van der Waals surface area contributed by atoms with Crippen molar-refractivity contribution >= 4 is 34.3 Å². The summed E-state index contributed by atoms with van der Waals surface area (Å²) in [6, 6.07) is 10.6. The summed E-state index contributed by atoms with van der Waals surface area (Å²) in [7, 11) is 1.56. The maximum Gasteiger partial charge on any atom is 0.463 e. The number of halogens is 5. The lowest BCUT2D eigenvalue weighted by Gasteiger charge is -2.24. The molecule has 0 aromatic heterocycles. The van der Waals surface area contributed by atoms with Crippen molar-refractivity contribution in [3.63, 3.8) is 0 Å². The summed E-state index contributed by atoms with van der Waals surface area (Å²) in [5, 5.41) is 6.95. The van der Waals surface area contributed by atoms with Crippen molar-refractivity contribution in [1.29, 1.82) is 0 Å². The maximum atomic E-state index is 13.2. The maximum absolute atomic E-state index is 13.2. The smallest absolute Gasteiger partial charge is 0.463 e. The average Bonchev–Trinajstić information content (AvgIpc) is 3.39. The highest BCUT2D eigenvalue weighted by Gasteiger charge is 2.63. The quantitative estimate of drug-likeness (QED) is 0.390. The molecular weight excluding hydrogens is 533 g/mol. The molecule has 1 fully saturated rings. The van der Waals surface area contributed by atoms with E-state index in [-0.39, 0.29) is 23.6 Å². The molecule has 2 aromatic carbocycles. The third kappa shape index (κ3) is 6.20. The molecule has 0 saturated heterocycles. The standard InChI is InChI=1S/C25H24F5N3O4S/c1-36-20-11-8-16(12-21(20)37-18-4-2-3-5-18)19-14-38-23(35)33(32-19)13-15-6-9-17(10-7-15)31-22(34)24(26,27)25(28,29)30/h6-12,18H,2-5,13-14H2,1H3,(H,31,34). The molecular formula is C25H24F5N3O4S. The minimum atomic E-state index is -6.01. The number of ether oxygens (including phenoxy) is 2. The van der Waals surface area contributed by atoms with E-state index in [1.165, 1.54) is 29.3 Å². The molecule has 1 aliphatic carbocycles. The number of hydrazone groups is 1. The van der Waals surface area contributed by atoms with Gasteiger partial charge in [0.2, 0.25) is 0 Å². The number of hydrogen-bond donors (Lipinski definition) is 1. The van der Waals surface area contributed by atoms with E-state index < -0.39 is 18.0 Å². The number of thioether (sulfide) groups is 1. The molecule has 0 atom stereocenters. The zero-order valence-electron chi connectivity index (χ0n) is 20.2. The topological polar surface area (TPSA) is 80.2 Å². The number of carbonyl (C=O) groups is 2. The van der Waals surface area contributed by atoms with Crippen molar-refractivity contribution in [3.8, 4) is 11.5 Å². The SMILES string of the molecule is COc1ccc(C2=NN(Cc3ccc(NC(=O)C(F)(F)C(F)(F)F)cc3)C(=O)SC2)cc1OC1CCCC1. The van der Waals surface area contributed by atoms with Gasteiger partial charge in [0, 0.05) is 17.0 Å². The van der Waals surface area contributed by atoms with Crippen LogP contribution in [-0.2, 0) is 11.3 Å². The fourth-order valence-electron chi connectivity index (χ4n) is 4.00. The van der Waals surface area contributed by atoms with Crippen molar-refractivity contribution in [2.75, 3.05) is 18.2 Å². The Morgan fingerprint density at radius 1 is 1.08 bits per heavy atom. The lowest BCUT2D eigenvalue weighted by atomic mass is 10.1. The second-order valence-corrected chi connectivity index (χ2v) is 9.70. The van der Waals surface area contributed by atoms with Gasteiger partial charge < -0.3 is 14.8 Å². The van der Waals surface area contributed by atoms with Crippen LogP contribution in [0.25, 0.3) is 0 Å². The van der Waals surface area contributed by atoms with Crippen LogP contribution in [0.3, 0.4) is 0 Å². The number of alkyl halides is 5. The van der Waals surface area contributed by atoms with Crippen molar-refractivity contribution in [2.24, 2.45) is 5.10 Å². The number of anilines is 1. The van der Waals surface area contributed by atoms with E-state index in [1.54, 1.807) is 18.5 Å². The Kier molecular flexibility index (Phi) is 8.14. The third-order valence-corrected chi connectivity index (χ3v) is 6.94. The zero-order valence-corrected chi connectivity index (χ0v) is 21.0. The molecule has 13 heteroatoms. The summed E-state index contributed by atoms with van der Waals surface area (Å²) in [6.07, 6.45) is -1.72. The Balaban J connectivity index is 1.46. The van der Waals surface area contributed by atoms with Gasteiger partial charge in [0.1, 0.15) is 0 Å². The van der Waals surface area contributed by atoms with Gasteiger partial charge in [-0.05, 0) is 61.6 Å². The van der Waals surface area contributed by atoms with Gasteiger partial charge in [-0.1, -0.05) is 23.9 Å². The minimum Gasteiger partial charge on any atom is -0.493 e. The first-order chi connectivity index (χ1) is 18.0. The fourth-order valence-corrected chi connectivity index (χ4v) is 4.74. The Hall–Kier alpha value is -3.35. The zero-order chi connectivity index (χ0) is 27.5. The van der Waals surface area contributed by atoms with Crippen LogP contribution in [0.2, 0.25) is 0 Å². The molecule has 2 aliphatic rings. The van der Waals surface area contributed by atoms with E-state index in [9.17, 15) is 31.5 Å². The summed E-state index contributed by atoms with van der Waals surface area (Å²) in [6.45, 7) is 0.0177. The number of methoxy groups -OCH3 is 1. The van der Waals surface area contributed by atoms with Crippen molar-refractivity contribution < 1.29 is 41.0 Å². The van der Waals surface area contributed by atoms with Gasteiger partial charge in [0.25, 0.3) is 0 Å². The lowest BCUT2D eigenvalue weighted by molar-refractivity contribution is -0.267. The number of rotatable bonds is 8. The van der Waals surface area contributed by atoms with E-state index in [0.29, 0.717) is 28.5 Å². The highest BCUT2D eigenvalue weighted by atomic mass is 32.2. The van der Waals surface area contributed by atoms with Gasteiger partial charge in [0.15, 0.2) is 11.5 Å². The first-order valence-electron chi connectivity index (χ1n) is 11.7. The number of nitrogens with one attached hydrogen (secondary N) is 1. The second kappa shape index (κ2) is 11.2. The molecule has 0 bridgehead atoms. The number of nitrogens with zero attached hydrogens (tertiary/aromatic N) is 2. The summed E-state index contributed by atoms with van der Waals surface area (Å²) in [5.41, 5.74) is 1.66. The largest absolute Gasteiger partial charge is 0.493 e. The summed E-state index contributed by atoms with van der Waals surface area (Å²) in [5.74, 6) is -6.48. The molecule has 1 N–H and O–H groups in total. The van der Waals surface area contributed by atoms with E-state index in [2.05, 4.69) is 5.10 Å². The molecule has 0 unspecified atom stereocenters. The van der Waals surface area contributed by atoms with E-state index in [0.717, 1.165) is 43.0 Å². The summed E-state index contributed by atoms with van der Waals surface area (Å²) < 4.78 is 75.0.